The van der Waals surface area contributed by atoms with Crippen molar-refractivity contribution >= 4 is 29.2 Å². The molecule has 0 bridgehead atoms. The second-order valence-electron chi connectivity index (χ2n) is 7.02. The highest BCUT2D eigenvalue weighted by Gasteiger charge is 2.21. The first-order chi connectivity index (χ1) is 13.7. The van der Waals surface area contributed by atoms with Crippen LogP contribution >= 0.6 is 11.6 Å². The average Bonchev–Trinajstić information content (AvgIpc) is 3.10. The minimum absolute atomic E-state index is 0.133. The maximum Gasteiger partial charge on any atom is 0.228 e. The molecule has 1 fully saturated rings. The molecule has 144 valence electrons. The zero-order chi connectivity index (χ0) is 19.3. The summed E-state index contributed by atoms with van der Waals surface area (Å²) < 4.78 is 1.86. The van der Waals surface area contributed by atoms with Gasteiger partial charge in [0, 0.05) is 45.1 Å². The number of carbonyl (C=O) groups excluding carboxylic acids is 1. The molecule has 6 heteroatoms. The lowest BCUT2D eigenvalue weighted by molar-refractivity contribution is -0.132. The summed E-state index contributed by atoms with van der Waals surface area (Å²) in [6.07, 6.45) is 8.35. The summed E-state index contributed by atoms with van der Waals surface area (Å²) in [7, 11) is 0. The summed E-state index contributed by atoms with van der Waals surface area (Å²) in [5.74, 6) is 0.133. The van der Waals surface area contributed by atoms with Crippen molar-refractivity contribution in [3.63, 3.8) is 0 Å². The van der Waals surface area contributed by atoms with Crippen LogP contribution in [-0.4, -0.2) is 57.8 Å². The predicted octanol–water partition coefficient (Wildman–Crippen LogP) is 3.39. The summed E-state index contributed by atoms with van der Waals surface area (Å²) in [5.41, 5.74) is 2.80. The number of nitrogens with zero attached hydrogens (tertiary/aromatic N) is 4. The number of rotatable bonds is 5. The minimum atomic E-state index is 0.133. The van der Waals surface area contributed by atoms with Crippen LogP contribution in [0.1, 0.15) is 11.3 Å². The van der Waals surface area contributed by atoms with Gasteiger partial charge in [-0.25, -0.2) is 4.98 Å². The molecule has 0 spiro atoms. The van der Waals surface area contributed by atoms with Gasteiger partial charge in [-0.1, -0.05) is 54.1 Å². The zero-order valence-electron chi connectivity index (χ0n) is 15.7. The fraction of sp³-hybridized carbons (Fsp3) is 0.273. The SMILES string of the molecule is O=C(Cc1cn2cc(Cl)ccc2n1)N1CCN(C/C=C/c2ccccc2)CC1. The Hall–Kier alpha value is -2.63. The third kappa shape index (κ3) is 4.61. The molecule has 0 saturated carbocycles. The molecule has 0 aliphatic carbocycles. The molecular formula is C22H23ClN4O. The molecule has 1 aromatic carbocycles. The van der Waals surface area contributed by atoms with Gasteiger partial charge in [0.2, 0.25) is 5.91 Å². The van der Waals surface area contributed by atoms with Crippen molar-refractivity contribution in [1.29, 1.82) is 0 Å². The Labute approximate surface area is 169 Å². The van der Waals surface area contributed by atoms with Gasteiger partial charge < -0.3 is 9.30 Å². The van der Waals surface area contributed by atoms with E-state index in [9.17, 15) is 4.79 Å². The van der Waals surface area contributed by atoms with Crippen LogP contribution in [0.25, 0.3) is 11.7 Å². The highest BCUT2D eigenvalue weighted by Crippen LogP contribution is 2.13. The van der Waals surface area contributed by atoms with Crippen molar-refractivity contribution in [2.75, 3.05) is 32.7 Å². The maximum absolute atomic E-state index is 12.6. The van der Waals surface area contributed by atoms with E-state index >= 15 is 0 Å². The number of hydrogen-bond donors (Lipinski definition) is 0. The zero-order valence-corrected chi connectivity index (χ0v) is 16.4. The summed E-state index contributed by atoms with van der Waals surface area (Å²) in [6, 6.07) is 14.0. The van der Waals surface area contributed by atoms with Crippen molar-refractivity contribution in [3.8, 4) is 0 Å². The van der Waals surface area contributed by atoms with Crippen LogP contribution in [0.5, 0.6) is 0 Å². The van der Waals surface area contributed by atoms with E-state index in [4.69, 9.17) is 11.6 Å². The van der Waals surface area contributed by atoms with Crippen LogP contribution in [0.2, 0.25) is 5.02 Å². The molecule has 1 amide bonds. The molecule has 3 heterocycles. The van der Waals surface area contributed by atoms with Crippen LogP contribution in [0.3, 0.4) is 0 Å². The van der Waals surface area contributed by atoms with Crippen LogP contribution in [0, 0.1) is 0 Å². The number of piperazine rings is 1. The molecule has 2 aromatic heterocycles. The average molecular weight is 395 g/mol. The number of benzene rings is 1. The Morgan fingerprint density at radius 3 is 2.61 bits per heavy atom. The Balaban J connectivity index is 1.27. The van der Waals surface area contributed by atoms with E-state index in [0.29, 0.717) is 11.4 Å². The smallest absolute Gasteiger partial charge is 0.228 e. The van der Waals surface area contributed by atoms with E-state index in [0.717, 1.165) is 44.1 Å². The lowest BCUT2D eigenvalue weighted by atomic mass is 10.2. The monoisotopic (exact) mass is 394 g/mol. The number of fused-ring (bicyclic) bond motifs is 1. The van der Waals surface area contributed by atoms with Crippen molar-refractivity contribution in [2.24, 2.45) is 0 Å². The van der Waals surface area contributed by atoms with Crippen molar-refractivity contribution in [2.45, 2.75) is 6.42 Å². The van der Waals surface area contributed by atoms with E-state index < -0.39 is 0 Å². The molecule has 5 nitrogen and oxygen atoms in total. The Morgan fingerprint density at radius 1 is 1.04 bits per heavy atom. The molecule has 1 aliphatic rings. The first-order valence-electron chi connectivity index (χ1n) is 9.52. The van der Waals surface area contributed by atoms with Gasteiger partial charge in [0.25, 0.3) is 0 Å². The lowest BCUT2D eigenvalue weighted by Gasteiger charge is -2.34. The van der Waals surface area contributed by atoms with Gasteiger partial charge in [-0.2, -0.15) is 0 Å². The quantitative estimate of drug-likeness (QED) is 0.666. The van der Waals surface area contributed by atoms with Gasteiger partial charge in [0.05, 0.1) is 17.1 Å². The molecule has 4 rings (SSSR count). The standard InChI is InChI=1S/C22H23ClN4O/c23-19-8-9-21-24-20(17-27(21)16-19)15-22(28)26-13-11-25(12-14-26)10-4-7-18-5-2-1-3-6-18/h1-9,16-17H,10-15H2/b7-4+. The summed E-state index contributed by atoms with van der Waals surface area (Å²) in [6.45, 7) is 4.22. The van der Waals surface area contributed by atoms with E-state index in [2.05, 4.69) is 34.2 Å². The highest BCUT2D eigenvalue weighted by atomic mass is 35.5. The Morgan fingerprint density at radius 2 is 1.82 bits per heavy atom. The number of aromatic nitrogens is 2. The predicted molar refractivity (Wildman–Crippen MR) is 112 cm³/mol. The van der Waals surface area contributed by atoms with Gasteiger partial charge in [-0.15, -0.1) is 0 Å². The number of amides is 1. The van der Waals surface area contributed by atoms with Crippen LogP contribution < -0.4 is 0 Å². The Kier molecular flexibility index (Phi) is 5.74. The van der Waals surface area contributed by atoms with E-state index in [1.807, 2.05) is 39.8 Å². The van der Waals surface area contributed by atoms with E-state index in [1.165, 1.54) is 5.56 Å². The maximum atomic E-state index is 12.6. The third-order valence-corrected chi connectivity index (χ3v) is 5.22. The minimum Gasteiger partial charge on any atom is -0.340 e. The first kappa shape index (κ1) is 18.7. The van der Waals surface area contributed by atoms with Gasteiger partial charge in [-0.05, 0) is 17.7 Å². The van der Waals surface area contributed by atoms with Crippen LogP contribution in [0.15, 0.2) is 60.9 Å². The van der Waals surface area contributed by atoms with Crippen molar-refractivity contribution in [3.05, 3.63) is 77.2 Å². The molecule has 0 N–H and O–H groups in total. The lowest BCUT2D eigenvalue weighted by Crippen LogP contribution is -2.49. The number of hydrogen-bond acceptors (Lipinski definition) is 3. The molecule has 0 radical (unpaired) electrons. The second-order valence-corrected chi connectivity index (χ2v) is 7.45. The normalized spacial score (nSPS) is 15.5. The fourth-order valence-corrected chi connectivity index (χ4v) is 3.62. The molecular weight excluding hydrogens is 372 g/mol. The van der Waals surface area contributed by atoms with Gasteiger partial charge in [0.15, 0.2) is 0 Å². The van der Waals surface area contributed by atoms with Gasteiger partial charge in [0.1, 0.15) is 5.65 Å². The van der Waals surface area contributed by atoms with E-state index in [-0.39, 0.29) is 5.91 Å². The van der Waals surface area contributed by atoms with Crippen molar-refractivity contribution < 1.29 is 4.79 Å². The van der Waals surface area contributed by atoms with Crippen molar-refractivity contribution in [1.82, 2.24) is 19.2 Å². The van der Waals surface area contributed by atoms with Gasteiger partial charge in [-0.3, -0.25) is 9.69 Å². The van der Waals surface area contributed by atoms with Crippen LogP contribution in [0.4, 0.5) is 0 Å². The highest BCUT2D eigenvalue weighted by molar-refractivity contribution is 6.30. The molecule has 3 aromatic rings. The summed E-state index contributed by atoms with van der Waals surface area (Å²) >= 11 is 6.01. The molecule has 1 saturated heterocycles. The second kappa shape index (κ2) is 8.59. The summed E-state index contributed by atoms with van der Waals surface area (Å²) in [5, 5.41) is 0.653. The fourth-order valence-electron chi connectivity index (χ4n) is 3.45. The largest absolute Gasteiger partial charge is 0.340 e. The van der Waals surface area contributed by atoms with Gasteiger partial charge >= 0.3 is 0 Å². The van der Waals surface area contributed by atoms with E-state index in [1.54, 1.807) is 12.3 Å². The first-order valence-corrected chi connectivity index (χ1v) is 9.90. The topological polar surface area (TPSA) is 40.9 Å². The number of imidazole rings is 1. The number of pyridine rings is 1. The molecule has 28 heavy (non-hydrogen) atoms. The summed E-state index contributed by atoms with van der Waals surface area (Å²) in [4.78, 5) is 21.5. The van der Waals surface area contributed by atoms with Crippen LogP contribution in [-0.2, 0) is 11.2 Å². The Bertz CT molecular complexity index is 975. The molecule has 1 aliphatic heterocycles. The number of halogens is 1. The molecule has 0 atom stereocenters. The number of carbonyl (C=O) groups is 1. The third-order valence-electron chi connectivity index (χ3n) is 5.00. The molecule has 0 unspecified atom stereocenters.